The fourth-order valence-electron chi connectivity index (χ4n) is 2.43. The van der Waals surface area contributed by atoms with Crippen molar-refractivity contribution in [2.45, 2.75) is 19.5 Å². The van der Waals surface area contributed by atoms with Crippen LogP contribution in [0.4, 0.5) is 18.9 Å². The van der Waals surface area contributed by atoms with Crippen LogP contribution in [0.1, 0.15) is 23.7 Å². The minimum absolute atomic E-state index is 0.0353. The fraction of sp³-hybridized carbons (Fsp3) is 0.412. The molecule has 0 aromatic heterocycles. The van der Waals surface area contributed by atoms with Gasteiger partial charge >= 0.3 is 6.18 Å². The van der Waals surface area contributed by atoms with Gasteiger partial charge in [0.15, 0.2) is 0 Å². The molecule has 1 fully saturated rings. The van der Waals surface area contributed by atoms with Crippen LogP contribution < -0.4 is 5.32 Å². The zero-order chi connectivity index (χ0) is 17.9. The molecule has 2 atom stereocenters. The minimum atomic E-state index is -4.49. The van der Waals surface area contributed by atoms with E-state index in [-0.39, 0.29) is 23.9 Å². The number of anilines is 1. The van der Waals surface area contributed by atoms with Crippen LogP contribution in [0.15, 0.2) is 36.9 Å². The monoisotopic (exact) mass is 340 g/mol. The molecule has 0 radical (unpaired) electrons. The number of nitrogens with one attached hydrogen (secondary N) is 1. The topological polar surface area (TPSA) is 49.4 Å². The third kappa shape index (κ3) is 4.84. The first kappa shape index (κ1) is 18.0. The summed E-state index contributed by atoms with van der Waals surface area (Å²) < 4.78 is 37.8. The van der Waals surface area contributed by atoms with Gasteiger partial charge in [0.25, 0.3) is 5.91 Å². The molecule has 1 aliphatic rings. The number of hydrogen-bond acceptors (Lipinski definition) is 2. The smallest absolute Gasteiger partial charge is 0.326 e. The summed E-state index contributed by atoms with van der Waals surface area (Å²) in [6, 6.07) is 5.94. The van der Waals surface area contributed by atoms with Gasteiger partial charge in [0.1, 0.15) is 6.54 Å². The maximum atomic E-state index is 12.6. The fourth-order valence-corrected chi connectivity index (χ4v) is 2.43. The molecule has 0 spiro atoms. The highest BCUT2D eigenvalue weighted by molar-refractivity contribution is 5.98. The number of carbonyl (C=O) groups excluding carboxylic acids is 2. The molecule has 0 saturated heterocycles. The Balaban J connectivity index is 2.11. The number of amides is 2. The number of rotatable bonds is 6. The van der Waals surface area contributed by atoms with Gasteiger partial charge in [-0.25, -0.2) is 0 Å². The Labute approximate surface area is 138 Å². The molecule has 0 bridgehead atoms. The van der Waals surface area contributed by atoms with Crippen LogP contribution in [0.5, 0.6) is 0 Å². The molecule has 1 N–H and O–H groups in total. The predicted octanol–water partition coefficient (Wildman–Crippen LogP) is 3.47. The molecule has 2 unspecified atom stereocenters. The average molecular weight is 340 g/mol. The van der Waals surface area contributed by atoms with Crippen LogP contribution in [-0.4, -0.2) is 36.0 Å². The molecule has 1 saturated carbocycles. The van der Waals surface area contributed by atoms with E-state index in [2.05, 4.69) is 11.9 Å². The molecule has 0 heterocycles. The van der Waals surface area contributed by atoms with E-state index in [0.717, 1.165) is 6.42 Å². The Morgan fingerprint density at radius 2 is 2.08 bits per heavy atom. The van der Waals surface area contributed by atoms with Crippen molar-refractivity contribution in [2.75, 3.05) is 18.4 Å². The number of nitrogens with zero attached hydrogens (tertiary/aromatic N) is 1. The maximum absolute atomic E-state index is 12.6. The van der Waals surface area contributed by atoms with E-state index in [4.69, 9.17) is 0 Å². The quantitative estimate of drug-likeness (QED) is 0.806. The Morgan fingerprint density at radius 3 is 2.62 bits per heavy atom. The van der Waals surface area contributed by atoms with Gasteiger partial charge < -0.3 is 10.2 Å². The Kier molecular flexibility index (Phi) is 5.31. The highest BCUT2D eigenvalue weighted by Gasteiger charge is 2.39. The van der Waals surface area contributed by atoms with Crippen molar-refractivity contribution in [3.05, 3.63) is 42.5 Å². The second-order valence-electron chi connectivity index (χ2n) is 5.98. The van der Waals surface area contributed by atoms with Crippen LogP contribution in [-0.2, 0) is 4.79 Å². The molecule has 0 aliphatic heterocycles. The lowest BCUT2D eigenvalue weighted by Crippen LogP contribution is -2.39. The van der Waals surface area contributed by atoms with Gasteiger partial charge in [0, 0.05) is 23.7 Å². The zero-order valence-electron chi connectivity index (χ0n) is 13.3. The van der Waals surface area contributed by atoms with E-state index >= 15 is 0 Å². The minimum Gasteiger partial charge on any atom is -0.326 e. The molecule has 1 aromatic carbocycles. The molecule has 2 rings (SSSR count). The van der Waals surface area contributed by atoms with Gasteiger partial charge in [-0.3, -0.25) is 9.59 Å². The molecule has 7 heteroatoms. The molecular formula is C17H19F3N2O2. The number of halogens is 3. The van der Waals surface area contributed by atoms with Crippen LogP contribution >= 0.6 is 0 Å². The van der Waals surface area contributed by atoms with Crippen molar-refractivity contribution >= 4 is 17.5 Å². The summed E-state index contributed by atoms with van der Waals surface area (Å²) in [5, 5.41) is 2.70. The summed E-state index contributed by atoms with van der Waals surface area (Å²) in [5.74, 6) is -0.593. The Bertz CT molecular complexity index is 643. The molecule has 1 aromatic rings. The summed E-state index contributed by atoms with van der Waals surface area (Å²) in [5.41, 5.74) is 0.484. The Morgan fingerprint density at radius 1 is 1.42 bits per heavy atom. The largest absolute Gasteiger partial charge is 0.406 e. The second kappa shape index (κ2) is 7.07. The van der Waals surface area contributed by atoms with Gasteiger partial charge in [-0.2, -0.15) is 13.2 Å². The van der Waals surface area contributed by atoms with E-state index in [0.29, 0.717) is 16.5 Å². The van der Waals surface area contributed by atoms with Crippen molar-refractivity contribution in [1.82, 2.24) is 4.90 Å². The van der Waals surface area contributed by atoms with E-state index in [1.54, 1.807) is 6.07 Å². The first-order chi connectivity index (χ1) is 11.2. The molecule has 2 amide bonds. The van der Waals surface area contributed by atoms with Crippen LogP contribution in [0.25, 0.3) is 0 Å². The van der Waals surface area contributed by atoms with Gasteiger partial charge in [0.05, 0.1) is 0 Å². The Hall–Kier alpha value is -2.31. The lowest BCUT2D eigenvalue weighted by Gasteiger charge is -2.22. The number of carbonyl (C=O) groups is 2. The normalized spacial score (nSPS) is 19.5. The molecule has 24 heavy (non-hydrogen) atoms. The second-order valence-corrected chi connectivity index (χ2v) is 5.98. The summed E-state index contributed by atoms with van der Waals surface area (Å²) in [6.07, 6.45) is -2.43. The van der Waals surface area contributed by atoms with Crippen molar-refractivity contribution in [3.63, 3.8) is 0 Å². The van der Waals surface area contributed by atoms with E-state index < -0.39 is 18.6 Å². The number of alkyl halides is 3. The van der Waals surface area contributed by atoms with Gasteiger partial charge in [0.2, 0.25) is 5.91 Å². The summed E-state index contributed by atoms with van der Waals surface area (Å²) >= 11 is 0. The van der Waals surface area contributed by atoms with E-state index in [1.807, 2.05) is 6.92 Å². The van der Waals surface area contributed by atoms with Gasteiger partial charge in [-0.15, -0.1) is 6.58 Å². The third-order valence-electron chi connectivity index (χ3n) is 3.83. The van der Waals surface area contributed by atoms with Gasteiger partial charge in [-0.05, 0) is 30.5 Å². The first-order valence-electron chi connectivity index (χ1n) is 7.59. The van der Waals surface area contributed by atoms with Crippen molar-refractivity contribution in [3.8, 4) is 0 Å². The van der Waals surface area contributed by atoms with Crippen molar-refractivity contribution < 1.29 is 22.8 Å². The summed E-state index contributed by atoms with van der Waals surface area (Å²) in [6.45, 7) is 3.78. The van der Waals surface area contributed by atoms with Crippen molar-refractivity contribution in [2.24, 2.45) is 11.8 Å². The highest BCUT2D eigenvalue weighted by Crippen LogP contribution is 2.38. The SMILES string of the molecule is C=CCN(CC(F)(F)F)C(=O)c1cccc(NC(=O)C2CC2C)c1. The highest BCUT2D eigenvalue weighted by atomic mass is 19.4. The molecule has 4 nitrogen and oxygen atoms in total. The average Bonchev–Trinajstić information content (AvgIpc) is 3.22. The third-order valence-corrected chi connectivity index (χ3v) is 3.83. The number of benzene rings is 1. The maximum Gasteiger partial charge on any atom is 0.406 e. The van der Waals surface area contributed by atoms with Crippen LogP contribution in [0.2, 0.25) is 0 Å². The number of hydrogen-bond donors (Lipinski definition) is 1. The lowest BCUT2D eigenvalue weighted by molar-refractivity contribution is -0.139. The lowest BCUT2D eigenvalue weighted by atomic mass is 10.1. The molecular weight excluding hydrogens is 321 g/mol. The van der Waals surface area contributed by atoms with E-state index in [1.165, 1.54) is 24.3 Å². The summed E-state index contributed by atoms with van der Waals surface area (Å²) in [7, 11) is 0. The standard InChI is InChI=1S/C17H19F3N2O2/c1-3-7-22(10-17(18,19)20)16(24)12-5-4-6-13(9-12)21-15(23)14-8-11(14)2/h3-6,9,11,14H,1,7-8,10H2,2H3,(H,21,23). The summed E-state index contributed by atoms with van der Waals surface area (Å²) in [4.78, 5) is 24.9. The van der Waals surface area contributed by atoms with Gasteiger partial charge in [-0.1, -0.05) is 19.1 Å². The molecule has 1 aliphatic carbocycles. The van der Waals surface area contributed by atoms with Crippen LogP contribution in [0, 0.1) is 11.8 Å². The van der Waals surface area contributed by atoms with Crippen LogP contribution in [0.3, 0.4) is 0 Å². The van der Waals surface area contributed by atoms with E-state index in [9.17, 15) is 22.8 Å². The predicted molar refractivity (Wildman–Crippen MR) is 84.5 cm³/mol. The zero-order valence-corrected chi connectivity index (χ0v) is 13.3. The molecule has 130 valence electrons. The first-order valence-corrected chi connectivity index (χ1v) is 7.59. The van der Waals surface area contributed by atoms with Crippen molar-refractivity contribution in [1.29, 1.82) is 0 Å².